The number of amides is 2. The van der Waals surface area contributed by atoms with Crippen LogP contribution in [0.15, 0.2) is 58.2 Å². The number of hydrogen-bond donors (Lipinski definition) is 2. The second kappa shape index (κ2) is 7.18. The number of benzene rings is 1. The predicted octanol–water partition coefficient (Wildman–Crippen LogP) is 2.34. The molecule has 0 aliphatic carbocycles. The summed E-state index contributed by atoms with van der Waals surface area (Å²) >= 11 is 1.25. The molecule has 0 spiro atoms. The van der Waals surface area contributed by atoms with Crippen molar-refractivity contribution in [3.8, 4) is 0 Å². The molecular weight excluding hydrogens is 326 g/mol. The van der Waals surface area contributed by atoms with E-state index in [9.17, 15) is 9.59 Å². The summed E-state index contributed by atoms with van der Waals surface area (Å²) in [6.07, 6.45) is 1.56. The van der Waals surface area contributed by atoms with Gasteiger partial charge in [-0.05, 0) is 24.3 Å². The molecule has 0 aliphatic heterocycles. The van der Waals surface area contributed by atoms with E-state index in [1.807, 2.05) is 18.2 Å². The van der Waals surface area contributed by atoms with Crippen molar-refractivity contribution < 1.29 is 14.0 Å². The molecule has 0 fully saturated rings. The summed E-state index contributed by atoms with van der Waals surface area (Å²) in [5.74, 6) is 0.211. The van der Waals surface area contributed by atoms with E-state index in [1.54, 1.807) is 30.5 Å². The molecule has 0 saturated carbocycles. The fourth-order valence-corrected chi connectivity index (χ4v) is 2.96. The van der Waals surface area contributed by atoms with Gasteiger partial charge in [-0.3, -0.25) is 9.59 Å². The number of primary amides is 1. The Labute approximate surface area is 142 Å². The number of nitrogens with zero attached hydrogens (tertiary/aromatic N) is 1. The average molecular weight is 341 g/mol. The van der Waals surface area contributed by atoms with Crippen LogP contribution in [-0.2, 0) is 11.3 Å². The van der Waals surface area contributed by atoms with E-state index in [1.165, 1.54) is 11.8 Å². The number of hydrogen-bond acceptors (Lipinski definition) is 5. The summed E-state index contributed by atoms with van der Waals surface area (Å²) in [4.78, 5) is 28.0. The van der Waals surface area contributed by atoms with E-state index in [0.29, 0.717) is 33.8 Å². The number of aromatic nitrogens is 1. The van der Waals surface area contributed by atoms with Crippen molar-refractivity contribution in [2.45, 2.75) is 11.6 Å². The Morgan fingerprint density at radius 1 is 1.21 bits per heavy atom. The predicted molar refractivity (Wildman–Crippen MR) is 91.5 cm³/mol. The van der Waals surface area contributed by atoms with Crippen LogP contribution in [0.25, 0.3) is 10.9 Å². The first kappa shape index (κ1) is 16.1. The number of para-hydroxylation sites is 1. The molecule has 2 amide bonds. The minimum absolute atomic E-state index is 0.146. The van der Waals surface area contributed by atoms with Crippen LogP contribution >= 0.6 is 11.8 Å². The second-order valence-electron chi connectivity index (χ2n) is 5.03. The molecule has 0 unspecified atom stereocenters. The number of fused-ring (bicyclic) bond motifs is 1. The van der Waals surface area contributed by atoms with Gasteiger partial charge in [0.2, 0.25) is 11.8 Å². The van der Waals surface area contributed by atoms with E-state index < -0.39 is 5.91 Å². The van der Waals surface area contributed by atoms with Crippen molar-refractivity contribution in [3.63, 3.8) is 0 Å². The number of pyridine rings is 1. The first-order chi connectivity index (χ1) is 11.6. The Morgan fingerprint density at radius 3 is 2.79 bits per heavy atom. The van der Waals surface area contributed by atoms with Gasteiger partial charge in [0.15, 0.2) is 0 Å². The lowest BCUT2D eigenvalue weighted by molar-refractivity contribution is -0.118. The molecule has 0 atom stereocenters. The van der Waals surface area contributed by atoms with Gasteiger partial charge in [-0.25, -0.2) is 4.98 Å². The molecule has 6 nitrogen and oxygen atoms in total. The van der Waals surface area contributed by atoms with Gasteiger partial charge < -0.3 is 15.5 Å². The van der Waals surface area contributed by atoms with Gasteiger partial charge in [0.1, 0.15) is 5.76 Å². The van der Waals surface area contributed by atoms with Crippen LogP contribution < -0.4 is 11.1 Å². The lowest BCUT2D eigenvalue weighted by atomic mass is 10.1. The number of carbonyl (C=O) groups excluding carboxylic acids is 2. The van der Waals surface area contributed by atoms with Crippen molar-refractivity contribution in [3.05, 3.63) is 60.1 Å². The molecule has 7 heteroatoms. The Hall–Kier alpha value is -2.80. The van der Waals surface area contributed by atoms with Crippen LogP contribution in [0.3, 0.4) is 0 Å². The van der Waals surface area contributed by atoms with Crippen LogP contribution in [0.5, 0.6) is 0 Å². The van der Waals surface area contributed by atoms with E-state index in [-0.39, 0.29) is 11.7 Å². The SMILES string of the molecule is NC(=O)c1cc(SCC(=O)NCc2ccco2)nc2ccccc12. The van der Waals surface area contributed by atoms with E-state index in [4.69, 9.17) is 10.2 Å². The number of thioether (sulfide) groups is 1. The molecule has 122 valence electrons. The fraction of sp³-hybridized carbons (Fsp3) is 0.118. The fourth-order valence-electron chi connectivity index (χ4n) is 2.22. The quantitative estimate of drug-likeness (QED) is 0.671. The van der Waals surface area contributed by atoms with Crippen LogP contribution in [0.2, 0.25) is 0 Å². The zero-order valence-corrected chi connectivity index (χ0v) is 13.5. The highest BCUT2D eigenvalue weighted by Crippen LogP contribution is 2.23. The Morgan fingerprint density at radius 2 is 2.04 bits per heavy atom. The molecule has 0 saturated heterocycles. The monoisotopic (exact) mass is 341 g/mol. The van der Waals surface area contributed by atoms with Gasteiger partial charge in [0, 0.05) is 5.39 Å². The maximum absolute atomic E-state index is 11.9. The summed E-state index contributed by atoms with van der Waals surface area (Å²) in [6, 6.07) is 12.4. The lowest BCUT2D eigenvalue weighted by Crippen LogP contribution is -2.24. The molecule has 0 radical (unpaired) electrons. The Balaban J connectivity index is 1.68. The maximum atomic E-state index is 11.9. The molecule has 3 N–H and O–H groups in total. The van der Waals surface area contributed by atoms with E-state index in [2.05, 4.69) is 10.3 Å². The van der Waals surface area contributed by atoms with Crippen molar-refractivity contribution in [1.29, 1.82) is 0 Å². The zero-order valence-electron chi connectivity index (χ0n) is 12.7. The van der Waals surface area contributed by atoms with Gasteiger partial charge >= 0.3 is 0 Å². The molecule has 1 aromatic carbocycles. The first-order valence-corrected chi connectivity index (χ1v) is 8.23. The van der Waals surface area contributed by atoms with Gasteiger partial charge in [-0.15, -0.1) is 0 Å². The van der Waals surface area contributed by atoms with Gasteiger partial charge in [-0.2, -0.15) is 0 Å². The highest BCUT2D eigenvalue weighted by atomic mass is 32.2. The summed E-state index contributed by atoms with van der Waals surface area (Å²) < 4.78 is 5.15. The second-order valence-corrected chi connectivity index (χ2v) is 6.03. The number of rotatable bonds is 6. The van der Waals surface area contributed by atoms with E-state index in [0.717, 1.165) is 0 Å². The summed E-state index contributed by atoms with van der Waals surface area (Å²) in [6.45, 7) is 0.337. The summed E-state index contributed by atoms with van der Waals surface area (Å²) in [7, 11) is 0. The average Bonchev–Trinajstić information content (AvgIpc) is 3.10. The van der Waals surface area contributed by atoms with Gasteiger partial charge in [-0.1, -0.05) is 30.0 Å². The number of nitrogens with two attached hydrogens (primary N) is 1. The zero-order chi connectivity index (χ0) is 16.9. The van der Waals surface area contributed by atoms with E-state index >= 15 is 0 Å². The van der Waals surface area contributed by atoms with Crippen molar-refractivity contribution in [2.75, 3.05) is 5.75 Å². The Kier molecular flexibility index (Phi) is 4.81. The Bertz CT molecular complexity index is 878. The molecule has 0 aliphatic rings. The topological polar surface area (TPSA) is 98.2 Å². The van der Waals surface area contributed by atoms with Crippen LogP contribution in [0.4, 0.5) is 0 Å². The van der Waals surface area contributed by atoms with Crippen LogP contribution in [-0.4, -0.2) is 22.6 Å². The third-order valence-electron chi connectivity index (χ3n) is 3.35. The molecule has 2 heterocycles. The highest BCUT2D eigenvalue weighted by molar-refractivity contribution is 7.99. The van der Waals surface area contributed by atoms with Gasteiger partial charge in [0.05, 0.1) is 34.7 Å². The molecule has 24 heavy (non-hydrogen) atoms. The highest BCUT2D eigenvalue weighted by Gasteiger charge is 2.11. The largest absolute Gasteiger partial charge is 0.467 e. The molecule has 3 rings (SSSR count). The van der Waals surface area contributed by atoms with Crippen molar-refractivity contribution >= 4 is 34.5 Å². The third-order valence-corrected chi connectivity index (χ3v) is 4.26. The summed E-state index contributed by atoms with van der Waals surface area (Å²) in [5.41, 5.74) is 6.52. The molecular formula is C17H15N3O3S. The van der Waals surface area contributed by atoms with Crippen molar-refractivity contribution in [1.82, 2.24) is 10.3 Å². The maximum Gasteiger partial charge on any atom is 0.249 e. The first-order valence-electron chi connectivity index (χ1n) is 7.25. The minimum atomic E-state index is -0.516. The van der Waals surface area contributed by atoms with Gasteiger partial charge in [0.25, 0.3) is 0 Å². The lowest BCUT2D eigenvalue weighted by Gasteiger charge is -2.07. The molecule has 0 bridgehead atoms. The van der Waals surface area contributed by atoms with Crippen molar-refractivity contribution in [2.24, 2.45) is 5.73 Å². The normalized spacial score (nSPS) is 10.7. The minimum Gasteiger partial charge on any atom is -0.467 e. The molecule has 3 aromatic rings. The molecule has 2 aromatic heterocycles. The number of carbonyl (C=O) groups is 2. The number of nitrogens with one attached hydrogen (secondary N) is 1. The van der Waals surface area contributed by atoms with Crippen LogP contribution in [0, 0.1) is 0 Å². The standard InChI is InChI=1S/C17H15N3O3S/c18-17(22)13-8-16(20-14-6-2-1-5-12(13)14)24-10-15(21)19-9-11-4-3-7-23-11/h1-8H,9-10H2,(H2,18,22)(H,19,21). The summed E-state index contributed by atoms with van der Waals surface area (Å²) in [5, 5.41) is 4.04. The number of furan rings is 1. The smallest absolute Gasteiger partial charge is 0.249 e. The third kappa shape index (κ3) is 3.75. The van der Waals surface area contributed by atoms with Crippen LogP contribution in [0.1, 0.15) is 16.1 Å².